The maximum absolute atomic E-state index is 12.6. The molecule has 136 valence electrons. The average molecular weight is 354 g/mol. The summed E-state index contributed by atoms with van der Waals surface area (Å²) in [6.45, 7) is 2.02. The molecular weight excluding hydrogens is 332 g/mol. The quantitative estimate of drug-likeness (QED) is 0.890. The highest BCUT2D eigenvalue weighted by Crippen LogP contribution is 2.37. The molecule has 0 unspecified atom stereocenters. The van der Waals surface area contributed by atoms with Crippen molar-refractivity contribution in [2.45, 2.75) is 37.4 Å². The molecule has 0 bridgehead atoms. The van der Waals surface area contributed by atoms with Gasteiger partial charge in [-0.05, 0) is 37.8 Å². The molecule has 2 aromatic rings. The van der Waals surface area contributed by atoms with Crippen LogP contribution in [0.25, 0.3) is 0 Å². The van der Waals surface area contributed by atoms with Gasteiger partial charge < -0.3 is 15.0 Å². The Hall–Kier alpha value is -2.61. The molecule has 2 aromatic heterocycles. The molecule has 2 saturated heterocycles. The molecule has 0 aromatic carbocycles. The summed E-state index contributed by atoms with van der Waals surface area (Å²) in [5, 5.41) is 10.8. The van der Waals surface area contributed by atoms with Crippen molar-refractivity contribution in [1.29, 1.82) is 0 Å². The Balaban J connectivity index is 1.36. The van der Waals surface area contributed by atoms with E-state index in [0.29, 0.717) is 31.1 Å². The summed E-state index contributed by atoms with van der Waals surface area (Å²) in [5.74, 6) is 0.613. The molecule has 2 atom stereocenters. The van der Waals surface area contributed by atoms with Crippen molar-refractivity contribution < 1.29 is 9.53 Å². The molecule has 2 aliphatic heterocycles. The third-order valence-electron chi connectivity index (χ3n) is 5.06. The predicted molar refractivity (Wildman–Crippen MR) is 94.5 cm³/mol. The monoisotopic (exact) mass is 354 g/mol. The van der Waals surface area contributed by atoms with E-state index in [1.807, 2.05) is 4.90 Å². The van der Waals surface area contributed by atoms with Crippen LogP contribution in [0.15, 0.2) is 36.9 Å². The van der Waals surface area contributed by atoms with Crippen LogP contribution in [-0.4, -0.2) is 62.3 Å². The number of amides is 1. The number of likely N-dealkylation sites (tertiary alicyclic amines) is 1. The molecule has 4 rings (SSSR count). The van der Waals surface area contributed by atoms with E-state index in [-0.39, 0.29) is 17.6 Å². The number of nitrogens with zero attached hydrogens (tertiary/aromatic N) is 5. The predicted octanol–water partition coefficient (Wildman–Crippen LogP) is 1.53. The van der Waals surface area contributed by atoms with Gasteiger partial charge in [0, 0.05) is 25.5 Å². The topological polar surface area (TPSA) is 93.1 Å². The first kappa shape index (κ1) is 16.8. The van der Waals surface area contributed by atoms with Crippen molar-refractivity contribution in [2.75, 3.05) is 25.0 Å². The minimum Gasteiger partial charge on any atom is -0.368 e. The Kier molecular flexibility index (Phi) is 4.75. The minimum absolute atomic E-state index is 0.00157. The number of rotatable bonds is 4. The third-order valence-corrected chi connectivity index (χ3v) is 5.06. The van der Waals surface area contributed by atoms with Gasteiger partial charge >= 0.3 is 0 Å². The molecule has 8 nitrogen and oxygen atoms in total. The van der Waals surface area contributed by atoms with E-state index in [1.54, 1.807) is 30.7 Å². The van der Waals surface area contributed by atoms with Crippen LogP contribution in [0.5, 0.6) is 0 Å². The number of hydrogen-bond acceptors (Lipinski definition) is 7. The van der Waals surface area contributed by atoms with Gasteiger partial charge in [-0.1, -0.05) is 0 Å². The summed E-state index contributed by atoms with van der Waals surface area (Å²) in [6, 6.07) is 3.49. The summed E-state index contributed by atoms with van der Waals surface area (Å²) in [5.41, 5.74) is 0.338. The maximum Gasteiger partial charge on any atom is 0.255 e. The molecule has 26 heavy (non-hydrogen) atoms. The molecule has 4 heterocycles. The second-order valence-electron chi connectivity index (χ2n) is 6.88. The number of aromatic nitrogens is 4. The maximum atomic E-state index is 12.6. The third kappa shape index (κ3) is 3.65. The van der Waals surface area contributed by atoms with Gasteiger partial charge in [0.05, 0.1) is 36.2 Å². The number of nitrogens with one attached hydrogen (secondary N) is 1. The van der Waals surface area contributed by atoms with Gasteiger partial charge in [-0.3, -0.25) is 4.79 Å². The summed E-state index contributed by atoms with van der Waals surface area (Å²) >= 11 is 0. The average Bonchev–Trinajstić information content (AvgIpc) is 3.10. The van der Waals surface area contributed by atoms with E-state index < -0.39 is 0 Å². The number of carbonyl (C=O) groups is 1. The molecule has 1 spiro atoms. The summed E-state index contributed by atoms with van der Waals surface area (Å²) in [4.78, 5) is 22.9. The lowest BCUT2D eigenvalue weighted by Crippen LogP contribution is -2.45. The first-order valence-electron chi connectivity index (χ1n) is 8.99. The summed E-state index contributed by atoms with van der Waals surface area (Å²) in [7, 11) is 0. The lowest BCUT2D eigenvalue weighted by Gasteiger charge is -2.38. The van der Waals surface area contributed by atoms with E-state index in [2.05, 4.69) is 25.5 Å². The molecule has 1 N–H and O–H groups in total. The minimum atomic E-state index is -0.238. The van der Waals surface area contributed by atoms with E-state index in [4.69, 9.17) is 4.74 Å². The zero-order chi connectivity index (χ0) is 17.8. The van der Waals surface area contributed by atoms with Crippen LogP contribution in [0, 0.1) is 0 Å². The van der Waals surface area contributed by atoms with Crippen LogP contribution >= 0.6 is 0 Å². The zero-order valence-electron chi connectivity index (χ0n) is 14.5. The number of carbonyl (C=O) groups excluding carboxylic acids is 1. The second kappa shape index (κ2) is 7.33. The largest absolute Gasteiger partial charge is 0.368 e. The standard InChI is InChI=1S/C18H22N6O2/c25-16(14-4-9-22-23-11-14)24-10-6-18(13-24)5-1-3-15(26-18)12-21-17-19-7-2-8-20-17/h2,4,7-9,11,15H,1,3,5-6,10,12-13H2,(H,19,20,21)/t15-,18-/m1/s1. The van der Waals surface area contributed by atoms with Gasteiger partial charge in [-0.2, -0.15) is 10.2 Å². The van der Waals surface area contributed by atoms with Crippen molar-refractivity contribution in [3.05, 3.63) is 42.5 Å². The van der Waals surface area contributed by atoms with Gasteiger partial charge in [0.1, 0.15) is 0 Å². The van der Waals surface area contributed by atoms with Crippen LogP contribution in [-0.2, 0) is 4.74 Å². The van der Waals surface area contributed by atoms with Crippen molar-refractivity contribution in [1.82, 2.24) is 25.1 Å². The Labute approximate surface area is 152 Å². The highest BCUT2D eigenvalue weighted by Gasteiger charge is 2.44. The SMILES string of the molecule is O=C(c1ccnnc1)N1CC[C@]2(CCC[C@H](CNc3ncccn3)O2)C1. The summed E-state index contributed by atoms with van der Waals surface area (Å²) in [6.07, 6.45) is 10.6. The Morgan fingerprint density at radius 2 is 2.15 bits per heavy atom. The van der Waals surface area contributed by atoms with Gasteiger partial charge in [0.2, 0.25) is 5.95 Å². The number of ether oxygens (including phenoxy) is 1. The Morgan fingerprint density at radius 3 is 2.96 bits per heavy atom. The molecule has 2 fully saturated rings. The second-order valence-corrected chi connectivity index (χ2v) is 6.88. The Morgan fingerprint density at radius 1 is 1.27 bits per heavy atom. The van der Waals surface area contributed by atoms with Gasteiger partial charge in [0.25, 0.3) is 5.91 Å². The van der Waals surface area contributed by atoms with Gasteiger partial charge in [0.15, 0.2) is 0 Å². The van der Waals surface area contributed by atoms with E-state index >= 15 is 0 Å². The normalized spacial score (nSPS) is 25.4. The molecule has 0 aliphatic carbocycles. The molecule has 8 heteroatoms. The summed E-state index contributed by atoms with van der Waals surface area (Å²) < 4.78 is 6.43. The molecular formula is C18H22N6O2. The highest BCUT2D eigenvalue weighted by atomic mass is 16.5. The van der Waals surface area contributed by atoms with E-state index in [0.717, 1.165) is 25.7 Å². The van der Waals surface area contributed by atoms with Crippen LogP contribution < -0.4 is 5.32 Å². The van der Waals surface area contributed by atoms with E-state index in [1.165, 1.54) is 6.20 Å². The molecule has 1 amide bonds. The van der Waals surface area contributed by atoms with Crippen molar-refractivity contribution >= 4 is 11.9 Å². The van der Waals surface area contributed by atoms with Crippen molar-refractivity contribution in [2.24, 2.45) is 0 Å². The molecule has 2 aliphatic rings. The van der Waals surface area contributed by atoms with Crippen LogP contribution in [0.4, 0.5) is 5.95 Å². The highest BCUT2D eigenvalue weighted by molar-refractivity contribution is 5.94. The lowest BCUT2D eigenvalue weighted by atomic mass is 9.90. The first-order chi connectivity index (χ1) is 12.7. The number of hydrogen-bond donors (Lipinski definition) is 1. The first-order valence-corrected chi connectivity index (χ1v) is 8.99. The van der Waals surface area contributed by atoms with Crippen molar-refractivity contribution in [3.8, 4) is 0 Å². The van der Waals surface area contributed by atoms with Gasteiger partial charge in [-0.15, -0.1) is 0 Å². The smallest absolute Gasteiger partial charge is 0.255 e. The van der Waals surface area contributed by atoms with Crippen LogP contribution in [0.3, 0.4) is 0 Å². The van der Waals surface area contributed by atoms with Crippen LogP contribution in [0.2, 0.25) is 0 Å². The Bertz CT molecular complexity index is 744. The van der Waals surface area contributed by atoms with Crippen LogP contribution in [0.1, 0.15) is 36.0 Å². The van der Waals surface area contributed by atoms with Gasteiger partial charge in [-0.25, -0.2) is 9.97 Å². The van der Waals surface area contributed by atoms with Crippen molar-refractivity contribution in [3.63, 3.8) is 0 Å². The fraction of sp³-hybridized carbons (Fsp3) is 0.500. The fourth-order valence-electron chi connectivity index (χ4n) is 3.78. The molecule has 0 radical (unpaired) electrons. The van der Waals surface area contributed by atoms with E-state index in [9.17, 15) is 4.79 Å². The molecule has 0 saturated carbocycles. The zero-order valence-corrected chi connectivity index (χ0v) is 14.5. The fourth-order valence-corrected chi connectivity index (χ4v) is 3.78. The lowest BCUT2D eigenvalue weighted by molar-refractivity contribution is -0.114. The number of anilines is 1.